The number of rotatable bonds is 7. The fourth-order valence-corrected chi connectivity index (χ4v) is 2.37. The maximum Gasteiger partial charge on any atom is 0.191 e. The van der Waals surface area contributed by atoms with Crippen molar-refractivity contribution in [1.29, 1.82) is 0 Å². The fourth-order valence-electron chi connectivity index (χ4n) is 2.37. The molecule has 1 aromatic heterocycles. The number of methoxy groups -OCH3 is 1. The van der Waals surface area contributed by atoms with Gasteiger partial charge in [-0.3, -0.25) is 9.67 Å². The van der Waals surface area contributed by atoms with Gasteiger partial charge < -0.3 is 15.4 Å². The van der Waals surface area contributed by atoms with Gasteiger partial charge in [-0.05, 0) is 30.0 Å². The number of hydrogen-bond acceptors (Lipinski definition) is 4. The van der Waals surface area contributed by atoms with Crippen LogP contribution < -0.4 is 15.4 Å². The van der Waals surface area contributed by atoms with Crippen LogP contribution in [0.4, 0.5) is 0 Å². The van der Waals surface area contributed by atoms with Gasteiger partial charge in [-0.1, -0.05) is 19.1 Å². The second kappa shape index (κ2) is 10.9. The van der Waals surface area contributed by atoms with Crippen molar-refractivity contribution in [2.24, 2.45) is 12.0 Å². The zero-order chi connectivity index (χ0) is 17.4. The van der Waals surface area contributed by atoms with Crippen molar-refractivity contribution in [2.45, 2.75) is 25.8 Å². The molecule has 0 aliphatic rings. The second-order valence-corrected chi connectivity index (χ2v) is 5.62. The summed E-state index contributed by atoms with van der Waals surface area (Å²) in [6.07, 6.45) is 2.56. The monoisotopic (exact) mass is 458 g/mol. The van der Waals surface area contributed by atoms with Crippen LogP contribution in [-0.2, 0) is 13.6 Å². The Kier molecular flexibility index (Phi) is 9.25. The average molecular weight is 458 g/mol. The SMILES string of the molecule is CN=C(NCCC(C)c1ccc(OC)cc1)NCc1ncnn1C.I. The summed E-state index contributed by atoms with van der Waals surface area (Å²) in [6, 6.07) is 8.23. The fraction of sp³-hybridized carbons (Fsp3) is 0.471. The van der Waals surface area contributed by atoms with Gasteiger partial charge in [0.25, 0.3) is 0 Å². The van der Waals surface area contributed by atoms with E-state index in [9.17, 15) is 0 Å². The summed E-state index contributed by atoms with van der Waals surface area (Å²) in [6.45, 7) is 3.65. The Labute approximate surface area is 166 Å². The molecule has 0 radical (unpaired) electrons. The summed E-state index contributed by atoms with van der Waals surface area (Å²) in [7, 11) is 5.32. The number of nitrogens with one attached hydrogen (secondary N) is 2. The molecule has 1 atom stereocenters. The lowest BCUT2D eigenvalue weighted by Crippen LogP contribution is -2.38. The molecule has 0 bridgehead atoms. The summed E-state index contributed by atoms with van der Waals surface area (Å²) in [4.78, 5) is 8.41. The highest BCUT2D eigenvalue weighted by Gasteiger charge is 2.07. The van der Waals surface area contributed by atoms with Gasteiger partial charge in [-0.15, -0.1) is 24.0 Å². The first-order valence-corrected chi connectivity index (χ1v) is 8.05. The van der Waals surface area contributed by atoms with Crippen molar-refractivity contribution in [3.63, 3.8) is 0 Å². The summed E-state index contributed by atoms with van der Waals surface area (Å²) in [5, 5.41) is 10.6. The minimum absolute atomic E-state index is 0. The van der Waals surface area contributed by atoms with E-state index in [2.05, 4.69) is 44.8 Å². The second-order valence-electron chi connectivity index (χ2n) is 5.62. The number of guanidine groups is 1. The van der Waals surface area contributed by atoms with Crippen molar-refractivity contribution in [2.75, 3.05) is 20.7 Å². The number of ether oxygens (including phenoxy) is 1. The van der Waals surface area contributed by atoms with E-state index in [-0.39, 0.29) is 24.0 Å². The number of aromatic nitrogens is 3. The van der Waals surface area contributed by atoms with Crippen LogP contribution in [0.15, 0.2) is 35.6 Å². The number of halogens is 1. The molecule has 138 valence electrons. The van der Waals surface area contributed by atoms with Crippen LogP contribution in [-0.4, -0.2) is 41.4 Å². The molecular weight excluding hydrogens is 431 g/mol. The predicted molar refractivity (Wildman–Crippen MR) is 111 cm³/mol. The van der Waals surface area contributed by atoms with Gasteiger partial charge in [0.15, 0.2) is 5.96 Å². The zero-order valence-corrected chi connectivity index (χ0v) is 17.5. The van der Waals surface area contributed by atoms with Crippen molar-refractivity contribution in [3.8, 4) is 5.75 Å². The largest absolute Gasteiger partial charge is 0.497 e. The van der Waals surface area contributed by atoms with Crippen LogP contribution in [0.25, 0.3) is 0 Å². The Morgan fingerprint density at radius 3 is 2.56 bits per heavy atom. The van der Waals surface area contributed by atoms with Gasteiger partial charge >= 0.3 is 0 Å². The van der Waals surface area contributed by atoms with E-state index in [0.717, 1.165) is 30.5 Å². The summed E-state index contributed by atoms with van der Waals surface area (Å²) in [5.74, 6) is 2.97. The molecule has 25 heavy (non-hydrogen) atoms. The van der Waals surface area contributed by atoms with Gasteiger partial charge in [0.05, 0.1) is 13.7 Å². The lowest BCUT2D eigenvalue weighted by Gasteiger charge is -2.15. The van der Waals surface area contributed by atoms with Crippen LogP contribution in [0.5, 0.6) is 5.75 Å². The molecule has 1 aromatic carbocycles. The highest BCUT2D eigenvalue weighted by molar-refractivity contribution is 14.0. The molecule has 0 aliphatic carbocycles. The van der Waals surface area contributed by atoms with Crippen molar-refractivity contribution in [1.82, 2.24) is 25.4 Å². The highest BCUT2D eigenvalue weighted by atomic mass is 127. The summed E-state index contributed by atoms with van der Waals surface area (Å²) in [5.41, 5.74) is 1.31. The third kappa shape index (κ3) is 6.52. The maximum atomic E-state index is 5.19. The van der Waals surface area contributed by atoms with E-state index in [1.807, 2.05) is 19.2 Å². The van der Waals surface area contributed by atoms with Crippen LogP contribution in [0, 0.1) is 0 Å². The number of nitrogens with zero attached hydrogens (tertiary/aromatic N) is 4. The number of aryl methyl sites for hydroxylation is 1. The van der Waals surface area contributed by atoms with E-state index in [1.54, 1.807) is 25.2 Å². The standard InChI is InChI=1S/C17H26N6O.HI/c1-13(14-5-7-15(24-4)8-6-14)9-10-19-17(18-2)20-11-16-21-12-22-23(16)3;/h5-8,12-13H,9-11H2,1-4H3,(H2,18,19,20);1H. The van der Waals surface area contributed by atoms with Gasteiger partial charge in [-0.25, -0.2) is 4.98 Å². The topological polar surface area (TPSA) is 76.4 Å². The van der Waals surface area contributed by atoms with Crippen LogP contribution in [0.3, 0.4) is 0 Å². The molecule has 0 fully saturated rings. The molecule has 0 amide bonds. The molecule has 0 saturated carbocycles. The van der Waals surface area contributed by atoms with Crippen molar-refractivity contribution < 1.29 is 4.74 Å². The molecular formula is C17H27IN6O. The van der Waals surface area contributed by atoms with Crippen molar-refractivity contribution in [3.05, 3.63) is 42.0 Å². The number of hydrogen-bond donors (Lipinski definition) is 2. The molecule has 1 unspecified atom stereocenters. The summed E-state index contributed by atoms with van der Waals surface area (Å²) < 4.78 is 6.94. The van der Waals surface area contributed by atoms with Gasteiger partial charge in [-0.2, -0.15) is 5.10 Å². The van der Waals surface area contributed by atoms with Gasteiger partial charge in [0, 0.05) is 20.6 Å². The Balaban J connectivity index is 0.00000312. The minimum Gasteiger partial charge on any atom is -0.497 e. The van der Waals surface area contributed by atoms with Gasteiger partial charge in [0.2, 0.25) is 0 Å². The van der Waals surface area contributed by atoms with E-state index in [1.165, 1.54) is 5.56 Å². The van der Waals surface area contributed by atoms with E-state index in [0.29, 0.717) is 12.5 Å². The first kappa shape index (κ1) is 21.2. The van der Waals surface area contributed by atoms with E-state index in [4.69, 9.17) is 4.74 Å². The first-order chi connectivity index (χ1) is 11.6. The van der Waals surface area contributed by atoms with Crippen LogP contribution in [0.2, 0.25) is 0 Å². The number of aliphatic imine (C=N–C) groups is 1. The quantitative estimate of drug-likeness (QED) is 0.379. The molecule has 0 aliphatic heterocycles. The molecule has 8 heteroatoms. The minimum atomic E-state index is 0. The Hall–Kier alpha value is -1.84. The molecule has 2 N–H and O–H groups in total. The van der Waals surface area contributed by atoms with E-state index < -0.39 is 0 Å². The normalized spacial score (nSPS) is 12.2. The smallest absolute Gasteiger partial charge is 0.191 e. The van der Waals surface area contributed by atoms with Gasteiger partial charge in [0.1, 0.15) is 17.9 Å². The average Bonchev–Trinajstić information content (AvgIpc) is 3.02. The Morgan fingerprint density at radius 2 is 2.00 bits per heavy atom. The molecule has 0 saturated heterocycles. The Bertz CT molecular complexity index is 655. The Morgan fingerprint density at radius 1 is 1.28 bits per heavy atom. The van der Waals surface area contributed by atoms with Crippen LogP contribution >= 0.6 is 24.0 Å². The van der Waals surface area contributed by atoms with E-state index >= 15 is 0 Å². The third-order valence-corrected chi connectivity index (χ3v) is 4.00. The van der Waals surface area contributed by atoms with Crippen LogP contribution in [0.1, 0.15) is 30.7 Å². The number of benzene rings is 1. The lowest BCUT2D eigenvalue weighted by atomic mass is 9.98. The summed E-state index contributed by atoms with van der Waals surface area (Å²) >= 11 is 0. The van der Waals surface area contributed by atoms with Crippen molar-refractivity contribution >= 4 is 29.9 Å². The zero-order valence-electron chi connectivity index (χ0n) is 15.2. The first-order valence-electron chi connectivity index (χ1n) is 8.05. The molecule has 7 nitrogen and oxygen atoms in total. The maximum absolute atomic E-state index is 5.19. The lowest BCUT2D eigenvalue weighted by molar-refractivity contribution is 0.414. The highest BCUT2D eigenvalue weighted by Crippen LogP contribution is 2.21. The predicted octanol–water partition coefficient (Wildman–Crippen LogP) is 2.30. The molecule has 2 rings (SSSR count). The molecule has 1 heterocycles. The molecule has 2 aromatic rings. The third-order valence-electron chi connectivity index (χ3n) is 4.00. The molecule has 0 spiro atoms.